The highest BCUT2D eigenvalue weighted by molar-refractivity contribution is 7.86. The van der Waals surface area contributed by atoms with Gasteiger partial charge in [-0.05, 0) is 45.2 Å². The average molecular weight is 411 g/mol. The van der Waals surface area contributed by atoms with Gasteiger partial charge in [0.25, 0.3) is 0 Å². The van der Waals surface area contributed by atoms with Crippen molar-refractivity contribution in [3.05, 3.63) is 29.8 Å². The van der Waals surface area contributed by atoms with Crippen molar-refractivity contribution in [2.24, 2.45) is 4.99 Å². The lowest BCUT2D eigenvalue weighted by molar-refractivity contribution is -0.0510. The molecule has 156 valence electrons. The monoisotopic (exact) mass is 411 g/mol. The Morgan fingerprint density at radius 2 is 1.56 bits per heavy atom. The molecule has 0 bridgehead atoms. The summed E-state index contributed by atoms with van der Waals surface area (Å²) in [5.74, 6) is 1.33. The maximum Gasteiger partial charge on any atom is 0.522 e. The number of guanidine groups is 1. The minimum absolute atomic E-state index is 0.264. The molecule has 0 spiro atoms. The lowest BCUT2D eigenvalue weighted by Gasteiger charge is -2.19. The van der Waals surface area contributed by atoms with Crippen LogP contribution in [0.1, 0.15) is 53.0 Å². The summed E-state index contributed by atoms with van der Waals surface area (Å²) in [6.07, 6.45) is 0. The topological polar surface area (TPSA) is 90.8 Å². The molecule has 6 nitrogen and oxygen atoms in total. The van der Waals surface area contributed by atoms with Crippen molar-refractivity contribution in [2.75, 3.05) is 5.32 Å². The van der Waals surface area contributed by atoms with Crippen LogP contribution in [0.25, 0.3) is 0 Å². The summed E-state index contributed by atoms with van der Waals surface area (Å²) in [5.41, 5.74) is -3.10. The fourth-order valence-corrected chi connectivity index (χ4v) is 1.88. The van der Waals surface area contributed by atoms with Gasteiger partial charge in [0, 0.05) is 17.8 Å². The zero-order valence-electron chi connectivity index (χ0n) is 16.3. The number of para-hydroxylation sites is 1. The lowest BCUT2D eigenvalue weighted by Crippen LogP contribution is -2.36. The number of hydrogen-bond donors (Lipinski definition) is 3. The second kappa shape index (κ2) is 10.5. The van der Waals surface area contributed by atoms with Crippen LogP contribution in [0.2, 0.25) is 0 Å². The van der Waals surface area contributed by atoms with Crippen LogP contribution in [0.3, 0.4) is 0 Å². The van der Waals surface area contributed by atoms with Gasteiger partial charge in [0.2, 0.25) is 0 Å². The van der Waals surface area contributed by atoms with Gasteiger partial charge in [-0.1, -0.05) is 32.0 Å². The summed E-state index contributed by atoms with van der Waals surface area (Å²) >= 11 is 0. The third-order valence-corrected chi connectivity index (χ3v) is 3.53. The van der Waals surface area contributed by atoms with Gasteiger partial charge in [0.05, 0.1) is 0 Å². The van der Waals surface area contributed by atoms with E-state index in [-0.39, 0.29) is 6.04 Å². The molecule has 0 saturated heterocycles. The van der Waals surface area contributed by atoms with Crippen LogP contribution < -0.4 is 10.6 Å². The Morgan fingerprint density at radius 1 is 1.07 bits per heavy atom. The first kappa shape index (κ1) is 25.2. The number of rotatable bonds is 4. The molecule has 0 amide bonds. The first-order valence-electron chi connectivity index (χ1n) is 8.39. The SMILES string of the molecule is CC(C)N=C(Nc1ccccc1C(C)C)NC(C)C.O=S(=O)(O)C(F)(F)F. The van der Waals surface area contributed by atoms with Crippen LogP contribution in [0.15, 0.2) is 29.3 Å². The molecule has 27 heavy (non-hydrogen) atoms. The second-order valence-electron chi connectivity index (χ2n) is 6.66. The first-order chi connectivity index (χ1) is 12.1. The first-order valence-corrected chi connectivity index (χ1v) is 9.83. The Labute approximate surface area is 159 Å². The third kappa shape index (κ3) is 10.2. The van der Waals surface area contributed by atoms with Crippen LogP contribution in [0.5, 0.6) is 0 Å². The molecule has 3 N–H and O–H groups in total. The normalized spacial score (nSPS) is 12.9. The zero-order chi connectivity index (χ0) is 21.4. The van der Waals surface area contributed by atoms with Gasteiger partial charge < -0.3 is 10.6 Å². The van der Waals surface area contributed by atoms with Crippen molar-refractivity contribution in [1.82, 2.24) is 5.32 Å². The van der Waals surface area contributed by atoms with Crippen molar-refractivity contribution < 1.29 is 26.1 Å². The largest absolute Gasteiger partial charge is 0.522 e. The molecular formula is C17H28F3N3O3S. The molecule has 0 saturated carbocycles. The number of hydrogen-bond acceptors (Lipinski definition) is 3. The molecule has 10 heteroatoms. The Balaban J connectivity index is 0.000000713. The summed E-state index contributed by atoms with van der Waals surface area (Å²) < 4.78 is 57.5. The standard InChI is InChI=1S/C16H27N3.CHF3O3S/c1-11(2)14-9-7-8-10-15(14)19-16(17-12(3)4)18-13(5)6;2-1(3,4)8(5,6)7/h7-13H,1-6H3,(H2,17,18,19);(H,5,6,7). The average Bonchev–Trinajstić information content (AvgIpc) is 2.44. The Morgan fingerprint density at radius 3 is 1.93 bits per heavy atom. The summed E-state index contributed by atoms with van der Waals surface area (Å²) in [7, 11) is -5.84. The number of anilines is 1. The van der Waals surface area contributed by atoms with Crippen molar-refractivity contribution >= 4 is 21.8 Å². The summed E-state index contributed by atoms with van der Waals surface area (Å²) in [5, 5.41) is 6.80. The second-order valence-corrected chi connectivity index (χ2v) is 8.07. The molecule has 0 aliphatic carbocycles. The molecule has 0 atom stereocenters. The zero-order valence-corrected chi connectivity index (χ0v) is 17.1. The number of benzene rings is 1. The van der Waals surface area contributed by atoms with Crippen molar-refractivity contribution in [3.8, 4) is 0 Å². The predicted molar refractivity (Wildman–Crippen MR) is 103 cm³/mol. The number of alkyl halides is 3. The van der Waals surface area contributed by atoms with E-state index in [1.54, 1.807) is 0 Å². The molecule has 0 unspecified atom stereocenters. The van der Waals surface area contributed by atoms with E-state index in [2.05, 4.69) is 81.4 Å². The molecule has 1 aromatic carbocycles. The Hall–Kier alpha value is -1.81. The Kier molecular flexibility index (Phi) is 9.80. The van der Waals surface area contributed by atoms with Gasteiger partial charge in [-0.2, -0.15) is 21.6 Å². The van der Waals surface area contributed by atoms with Gasteiger partial charge in [0.15, 0.2) is 5.96 Å². The molecule has 1 rings (SSSR count). The van der Waals surface area contributed by atoms with Gasteiger partial charge in [-0.3, -0.25) is 9.55 Å². The maximum atomic E-state index is 10.7. The van der Waals surface area contributed by atoms with Gasteiger partial charge in [-0.25, -0.2) is 0 Å². The van der Waals surface area contributed by atoms with Gasteiger partial charge in [0.1, 0.15) is 0 Å². The van der Waals surface area contributed by atoms with Crippen molar-refractivity contribution in [3.63, 3.8) is 0 Å². The molecule has 0 radical (unpaired) electrons. The maximum absolute atomic E-state index is 10.7. The highest BCUT2D eigenvalue weighted by Gasteiger charge is 2.44. The molecule has 0 aliphatic heterocycles. The van der Waals surface area contributed by atoms with E-state index in [0.717, 1.165) is 11.6 Å². The molecule has 0 heterocycles. The molecular weight excluding hydrogens is 383 g/mol. The van der Waals surface area contributed by atoms with Crippen LogP contribution in [0.4, 0.5) is 18.9 Å². The third-order valence-electron chi connectivity index (χ3n) is 2.94. The van der Waals surface area contributed by atoms with Crippen LogP contribution in [-0.2, 0) is 10.1 Å². The Bertz CT molecular complexity index is 716. The van der Waals surface area contributed by atoms with Gasteiger partial charge in [-0.15, -0.1) is 0 Å². The van der Waals surface area contributed by atoms with E-state index in [4.69, 9.17) is 13.0 Å². The summed E-state index contributed by atoms with van der Waals surface area (Å²) in [6, 6.07) is 9.02. The highest BCUT2D eigenvalue weighted by atomic mass is 32.2. The van der Waals surface area contributed by atoms with Crippen molar-refractivity contribution in [2.45, 2.75) is 65.1 Å². The number of aliphatic imine (C=N–C) groups is 1. The minimum atomic E-state index is -5.84. The lowest BCUT2D eigenvalue weighted by atomic mass is 10.0. The van der Waals surface area contributed by atoms with E-state index >= 15 is 0 Å². The van der Waals surface area contributed by atoms with E-state index in [0.29, 0.717) is 12.0 Å². The summed E-state index contributed by atoms with van der Waals surface area (Å²) in [4.78, 5) is 4.61. The fraction of sp³-hybridized carbons (Fsp3) is 0.588. The van der Waals surface area contributed by atoms with Crippen molar-refractivity contribution in [1.29, 1.82) is 0 Å². The number of nitrogens with one attached hydrogen (secondary N) is 2. The van der Waals surface area contributed by atoms with E-state index in [1.807, 2.05) is 0 Å². The molecule has 0 aliphatic rings. The van der Waals surface area contributed by atoms with E-state index in [9.17, 15) is 13.2 Å². The van der Waals surface area contributed by atoms with E-state index in [1.165, 1.54) is 5.56 Å². The smallest absolute Gasteiger partial charge is 0.354 e. The number of halogens is 3. The van der Waals surface area contributed by atoms with Crippen LogP contribution >= 0.6 is 0 Å². The fourth-order valence-electron chi connectivity index (χ4n) is 1.88. The quantitative estimate of drug-likeness (QED) is 0.296. The molecule has 1 aromatic rings. The highest BCUT2D eigenvalue weighted by Crippen LogP contribution is 2.23. The number of nitrogens with zero attached hydrogens (tertiary/aromatic N) is 1. The summed E-state index contributed by atoms with van der Waals surface area (Å²) in [6.45, 7) is 12.8. The van der Waals surface area contributed by atoms with E-state index < -0.39 is 15.6 Å². The minimum Gasteiger partial charge on any atom is -0.354 e. The molecule has 0 fully saturated rings. The van der Waals surface area contributed by atoms with Gasteiger partial charge >= 0.3 is 15.6 Å². The predicted octanol–water partition coefficient (Wildman–Crippen LogP) is 4.38. The van der Waals surface area contributed by atoms with Crippen LogP contribution in [0, 0.1) is 0 Å². The van der Waals surface area contributed by atoms with Crippen LogP contribution in [-0.4, -0.2) is 36.5 Å². The molecule has 0 aromatic heterocycles.